The number of nitrogens with zero attached hydrogens (tertiary/aromatic N) is 4. The van der Waals surface area contributed by atoms with Gasteiger partial charge in [-0.3, -0.25) is 9.59 Å². The van der Waals surface area contributed by atoms with Gasteiger partial charge in [-0.1, -0.05) is 11.6 Å². The van der Waals surface area contributed by atoms with Crippen LogP contribution < -0.4 is 24.0 Å². The lowest BCUT2D eigenvalue weighted by molar-refractivity contribution is -0.136. The Balaban J connectivity index is 1.42. The number of piperazine rings is 1. The van der Waals surface area contributed by atoms with E-state index in [2.05, 4.69) is 9.88 Å². The number of benzene rings is 1. The van der Waals surface area contributed by atoms with Crippen molar-refractivity contribution in [2.45, 2.75) is 6.42 Å². The first-order valence-electron chi connectivity index (χ1n) is 10.7. The lowest BCUT2D eigenvalue weighted by atomic mass is 10.1. The van der Waals surface area contributed by atoms with Crippen molar-refractivity contribution in [3.05, 3.63) is 35.5 Å². The van der Waals surface area contributed by atoms with Crippen LogP contribution in [0.1, 0.15) is 6.42 Å². The highest BCUT2D eigenvalue weighted by Gasteiger charge is 2.38. The number of hydrogen-bond acceptors (Lipinski definition) is 7. The molecule has 0 radical (unpaired) electrons. The lowest BCUT2D eigenvalue weighted by Gasteiger charge is -2.36. The summed E-state index contributed by atoms with van der Waals surface area (Å²) in [6, 6.07) is 7.14. The van der Waals surface area contributed by atoms with Crippen molar-refractivity contribution in [2.24, 2.45) is 5.92 Å². The van der Waals surface area contributed by atoms with Crippen molar-refractivity contribution in [1.29, 1.82) is 0 Å². The maximum atomic E-state index is 13.2. The third-order valence-corrected chi connectivity index (χ3v) is 6.29. The molecular weight excluding hydrogens is 448 g/mol. The second kappa shape index (κ2) is 9.74. The predicted molar refractivity (Wildman–Crippen MR) is 125 cm³/mol. The molecule has 0 bridgehead atoms. The van der Waals surface area contributed by atoms with Crippen LogP contribution >= 0.6 is 11.6 Å². The van der Waals surface area contributed by atoms with E-state index in [1.165, 1.54) is 21.3 Å². The highest BCUT2D eigenvalue weighted by molar-refractivity contribution is 6.30. The predicted octanol–water partition coefficient (Wildman–Crippen LogP) is 2.46. The molecule has 9 nitrogen and oxygen atoms in total. The second-order valence-electron chi connectivity index (χ2n) is 7.94. The number of amides is 2. The summed E-state index contributed by atoms with van der Waals surface area (Å²) in [4.78, 5) is 35.9. The first kappa shape index (κ1) is 23.0. The molecule has 3 heterocycles. The van der Waals surface area contributed by atoms with Crippen LogP contribution in [0.25, 0.3) is 0 Å². The number of rotatable bonds is 6. The van der Waals surface area contributed by atoms with Gasteiger partial charge in [0.2, 0.25) is 17.6 Å². The molecule has 2 aliphatic heterocycles. The van der Waals surface area contributed by atoms with Gasteiger partial charge in [0.1, 0.15) is 5.82 Å². The average Bonchev–Trinajstić information content (AvgIpc) is 3.24. The molecule has 0 spiro atoms. The van der Waals surface area contributed by atoms with Gasteiger partial charge in [-0.05, 0) is 12.1 Å². The quantitative estimate of drug-likeness (QED) is 0.635. The number of carbonyl (C=O) groups excluding carboxylic acids is 2. The van der Waals surface area contributed by atoms with Gasteiger partial charge < -0.3 is 28.9 Å². The highest BCUT2D eigenvalue weighted by atomic mass is 35.5. The zero-order chi connectivity index (χ0) is 23.5. The summed E-state index contributed by atoms with van der Waals surface area (Å²) in [5.74, 6) is 1.72. The maximum absolute atomic E-state index is 13.2. The fourth-order valence-corrected chi connectivity index (χ4v) is 4.43. The third kappa shape index (κ3) is 4.64. The SMILES string of the molecule is COc1cc(N2CC(C(=O)N3CCN(c4ccc(Cl)cn4)CC3)CC2=O)cc(OC)c1OC. The van der Waals surface area contributed by atoms with Gasteiger partial charge in [-0.15, -0.1) is 0 Å². The molecule has 10 heteroatoms. The minimum atomic E-state index is -0.392. The number of methoxy groups -OCH3 is 3. The summed E-state index contributed by atoms with van der Waals surface area (Å²) in [6.07, 6.45) is 1.80. The third-order valence-electron chi connectivity index (χ3n) is 6.06. The van der Waals surface area contributed by atoms with E-state index in [0.717, 1.165) is 5.82 Å². The zero-order valence-electron chi connectivity index (χ0n) is 18.9. The van der Waals surface area contributed by atoms with Crippen molar-refractivity contribution < 1.29 is 23.8 Å². The summed E-state index contributed by atoms with van der Waals surface area (Å²) >= 11 is 5.92. The normalized spacial score (nSPS) is 18.5. The van der Waals surface area contributed by atoms with Crippen molar-refractivity contribution in [3.63, 3.8) is 0 Å². The standard InChI is InChI=1S/C23H27ClN4O5/c1-31-18-11-17(12-19(32-2)22(18)33-3)28-14-15(10-21(28)29)23(30)27-8-6-26(7-9-27)20-5-4-16(24)13-25-20/h4-5,11-13,15H,6-10,14H2,1-3H3. The smallest absolute Gasteiger partial charge is 0.228 e. The molecule has 0 N–H and O–H groups in total. The van der Waals surface area contributed by atoms with Crippen molar-refractivity contribution >= 4 is 34.9 Å². The summed E-state index contributed by atoms with van der Waals surface area (Å²) < 4.78 is 16.2. The fourth-order valence-electron chi connectivity index (χ4n) is 4.31. The van der Waals surface area contributed by atoms with E-state index >= 15 is 0 Å². The average molecular weight is 475 g/mol. The van der Waals surface area contributed by atoms with Crippen molar-refractivity contribution in [3.8, 4) is 17.2 Å². The van der Waals surface area contributed by atoms with Gasteiger partial charge in [0.15, 0.2) is 11.5 Å². The Morgan fingerprint density at radius 1 is 1.03 bits per heavy atom. The Labute approximate surface area is 197 Å². The molecule has 1 aromatic heterocycles. The molecule has 33 heavy (non-hydrogen) atoms. The molecule has 1 aromatic carbocycles. The fraction of sp³-hybridized carbons (Fsp3) is 0.435. The molecule has 2 fully saturated rings. The van der Waals surface area contributed by atoms with E-state index < -0.39 is 5.92 Å². The minimum absolute atomic E-state index is 0.00186. The Kier molecular flexibility index (Phi) is 6.78. The van der Waals surface area contributed by atoms with Crippen LogP contribution in [0.4, 0.5) is 11.5 Å². The molecular formula is C23H27ClN4O5. The van der Waals surface area contributed by atoms with Crippen molar-refractivity contribution in [2.75, 3.05) is 63.9 Å². The number of ether oxygens (including phenoxy) is 3. The molecule has 0 saturated carbocycles. The van der Waals surface area contributed by atoms with Gasteiger partial charge in [0, 0.05) is 57.5 Å². The second-order valence-corrected chi connectivity index (χ2v) is 8.37. The molecule has 0 aliphatic carbocycles. The van der Waals surface area contributed by atoms with Gasteiger partial charge in [-0.2, -0.15) is 0 Å². The largest absolute Gasteiger partial charge is 0.493 e. The van der Waals surface area contributed by atoms with Crippen LogP contribution in [0.2, 0.25) is 5.02 Å². The van der Waals surface area contributed by atoms with E-state index in [4.69, 9.17) is 25.8 Å². The molecule has 2 aliphatic rings. The monoisotopic (exact) mass is 474 g/mol. The number of hydrogen-bond donors (Lipinski definition) is 0. The Morgan fingerprint density at radius 3 is 2.24 bits per heavy atom. The summed E-state index contributed by atoms with van der Waals surface area (Å²) in [7, 11) is 4.58. The van der Waals surface area contributed by atoms with Crippen LogP contribution in [0.15, 0.2) is 30.5 Å². The molecule has 2 amide bonds. The zero-order valence-corrected chi connectivity index (χ0v) is 19.7. The molecule has 2 saturated heterocycles. The van der Waals surface area contributed by atoms with Crippen molar-refractivity contribution in [1.82, 2.24) is 9.88 Å². The molecule has 2 aromatic rings. The minimum Gasteiger partial charge on any atom is -0.493 e. The molecule has 176 valence electrons. The van der Waals surface area contributed by atoms with E-state index in [9.17, 15) is 9.59 Å². The van der Waals surface area contributed by atoms with Crippen LogP contribution in [0.3, 0.4) is 0 Å². The first-order chi connectivity index (χ1) is 15.9. The summed E-state index contributed by atoms with van der Waals surface area (Å²) in [5, 5.41) is 0.593. The Hall–Kier alpha value is -3.20. The number of anilines is 2. The molecule has 1 unspecified atom stereocenters. The summed E-state index contributed by atoms with van der Waals surface area (Å²) in [5.41, 5.74) is 0.614. The number of halogens is 1. The maximum Gasteiger partial charge on any atom is 0.228 e. The highest BCUT2D eigenvalue weighted by Crippen LogP contribution is 2.42. The van der Waals surface area contributed by atoms with E-state index in [-0.39, 0.29) is 18.2 Å². The number of pyridine rings is 1. The van der Waals surface area contributed by atoms with Gasteiger partial charge in [0.05, 0.1) is 38.0 Å². The van der Waals surface area contributed by atoms with Crippen LogP contribution in [0, 0.1) is 5.92 Å². The summed E-state index contributed by atoms with van der Waals surface area (Å²) in [6.45, 7) is 2.83. The lowest BCUT2D eigenvalue weighted by Crippen LogP contribution is -2.51. The van der Waals surface area contributed by atoms with Crippen LogP contribution in [-0.4, -0.2) is 75.8 Å². The topological polar surface area (TPSA) is 84.4 Å². The van der Waals surface area contributed by atoms with Gasteiger partial charge >= 0.3 is 0 Å². The molecule has 4 rings (SSSR count). The number of aromatic nitrogens is 1. The molecule has 1 atom stereocenters. The number of carbonyl (C=O) groups is 2. The van der Waals surface area contributed by atoms with E-state index in [1.807, 2.05) is 17.0 Å². The van der Waals surface area contributed by atoms with Gasteiger partial charge in [-0.25, -0.2) is 4.98 Å². The van der Waals surface area contributed by atoms with Crippen LogP contribution in [-0.2, 0) is 9.59 Å². The van der Waals surface area contributed by atoms with E-state index in [0.29, 0.717) is 60.7 Å². The van der Waals surface area contributed by atoms with Gasteiger partial charge in [0.25, 0.3) is 0 Å². The Morgan fingerprint density at radius 2 is 1.70 bits per heavy atom. The van der Waals surface area contributed by atoms with E-state index in [1.54, 1.807) is 23.2 Å². The first-order valence-corrected chi connectivity index (χ1v) is 11.1. The Bertz CT molecular complexity index is 999. The van der Waals surface area contributed by atoms with Crippen LogP contribution in [0.5, 0.6) is 17.2 Å².